The normalized spacial score (nSPS) is 10.6. The smallest absolute Gasteiger partial charge is 0.343 e. The maximum Gasteiger partial charge on any atom is 0.343 e. The van der Waals surface area contributed by atoms with E-state index in [-0.39, 0.29) is 21.5 Å². The van der Waals surface area contributed by atoms with E-state index >= 15 is 0 Å². The van der Waals surface area contributed by atoms with Crippen LogP contribution in [0.3, 0.4) is 0 Å². The van der Waals surface area contributed by atoms with E-state index in [1.165, 1.54) is 12.3 Å². The Labute approximate surface area is 229 Å². The molecule has 0 aliphatic carbocycles. The van der Waals surface area contributed by atoms with Gasteiger partial charge in [-0.2, -0.15) is 5.10 Å². The van der Waals surface area contributed by atoms with Gasteiger partial charge in [0.1, 0.15) is 5.75 Å². The third kappa shape index (κ3) is 7.96. The molecule has 11 heteroatoms. The van der Waals surface area contributed by atoms with Gasteiger partial charge in [0.15, 0.2) is 11.5 Å². The van der Waals surface area contributed by atoms with Crippen molar-refractivity contribution in [3.8, 4) is 17.2 Å². The van der Waals surface area contributed by atoms with Gasteiger partial charge in [-0.3, -0.25) is 9.59 Å². The number of carbonyl (C=O) groups is 3. The van der Waals surface area contributed by atoms with E-state index in [1.807, 2.05) is 6.92 Å². The summed E-state index contributed by atoms with van der Waals surface area (Å²) >= 11 is 11.9. The fraction of sp³-hybridized carbons (Fsp3) is 0.185. The Morgan fingerprint density at radius 2 is 1.68 bits per heavy atom. The number of halogens is 2. The van der Waals surface area contributed by atoms with Crippen LogP contribution in [0.25, 0.3) is 0 Å². The minimum Gasteiger partial charge on any atom is -0.494 e. The van der Waals surface area contributed by atoms with Gasteiger partial charge in [0, 0.05) is 0 Å². The van der Waals surface area contributed by atoms with E-state index in [9.17, 15) is 14.4 Å². The van der Waals surface area contributed by atoms with Gasteiger partial charge in [0.25, 0.3) is 0 Å². The zero-order valence-corrected chi connectivity index (χ0v) is 22.1. The number of nitrogens with zero attached hydrogens (tertiary/aromatic N) is 1. The van der Waals surface area contributed by atoms with Crippen molar-refractivity contribution in [2.45, 2.75) is 20.3 Å². The molecular formula is C27H25Cl2N3O6. The first-order valence-electron chi connectivity index (χ1n) is 11.6. The van der Waals surface area contributed by atoms with Crippen LogP contribution in [0.15, 0.2) is 65.8 Å². The number of carbonyl (C=O) groups excluding carboxylic acids is 3. The van der Waals surface area contributed by atoms with Crippen LogP contribution in [0.5, 0.6) is 17.2 Å². The highest BCUT2D eigenvalue weighted by Crippen LogP contribution is 2.30. The van der Waals surface area contributed by atoms with Crippen LogP contribution in [-0.2, 0) is 9.59 Å². The van der Waals surface area contributed by atoms with Gasteiger partial charge >= 0.3 is 17.8 Å². The molecule has 0 aliphatic heterocycles. The summed E-state index contributed by atoms with van der Waals surface area (Å²) in [7, 11) is 0. The second-order valence-electron chi connectivity index (χ2n) is 7.66. The lowest BCUT2D eigenvalue weighted by Gasteiger charge is -2.12. The number of nitrogens with one attached hydrogen (secondary N) is 2. The van der Waals surface area contributed by atoms with Crippen molar-refractivity contribution >= 4 is 52.9 Å². The molecule has 2 N–H and O–H groups in total. The molecule has 0 bridgehead atoms. The molecule has 2 amide bonds. The summed E-state index contributed by atoms with van der Waals surface area (Å²) < 4.78 is 16.6. The minimum absolute atomic E-state index is 0.112. The molecule has 0 saturated carbocycles. The van der Waals surface area contributed by atoms with E-state index in [0.29, 0.717) is 35.8 Å². The van der Waals surface area contributed by atoms with Crippen LogP contribution >= 0.6 is 23.2 Å². The number of esters is 1. The number of benzene rings is 3. The van der Waals surface area contributed by atoms with Gasteiger partial charge in [-0.1, -0.05) is 36.2 Å². The summed E-state index contributed by atoms with van der Waals surface area (Å²) in [5.74, 6) is -1.38. The van der Waals surface area contributed by atoms with Gasteiger partial charge < -0.3 is 19.5 Å². The molecule has 0 unspecified atom stereocenters. The van der Waals surface area contributed by atoms with Crippen molar-refractivity contribution < 1.29 is 28.6 Å². The molecule has 3 rings (SSSR count). The topological polar surface area (TPSA) is 115 Å². The summed E-state index contributed by atoms with van der Waals surface area (Å²) in [6, 6.07) is 16.0. The Morgan fingerprint density at radius 3 is 2.39 bits per heavy atom. The fourth-order valence-corrected chi connectivity index (χ4v) is 3.37. The van der Waals surface area contributed by atoms with Crippen LogP contribution in [0, 0.1) is 0 Å². The van der Waals surface area contributed by atoms with Crippen LogP contribution < -0.4 is 25.0 Å². The number of amides is 2. The predicted octanol–water partition coefficient (Wildman–Crippen LogP) is 5.49. The first-order chi connectivity index (χ1) is 18.3. The molecule has 9 nitrogen and oxygen atoms in total. The summed E-state index contributed by atoms with van der Waals surface area (Å²) in [6.45, 7) is 4.70. The number of hydrazone groups is 1. The maximum absolute atomic E-state index is 12.6. The molecule has 0 aromatic heterocycles. The van der Waals surface area contributed by atoms with Crippen molar-refractivity contribution in [1.29, 1.82) is 0 Å². The van der Waals surface area contributed by atoms with E-state index in [4.69, 9.17) is 37.4 Å². The Balaban J connectivity index is 1.62. The SMILES string of the molecule is CCCOc1ccc(C(=O)Oc2ccc(/C=N/NC(=O)C(=O)Nc3cccc(Cl)c3Cl)cc2OCC)cc1. The van der Waals surface area contributed by atoms with Gasteiger partial charge in [-0.05, 0) is 73.5 Å². The first kappa shape index (κ1) is 28.5. The molecule has 3 aromatic carbocycles. The zero-order chi connectivity index (χ0) is 27.5. The molecule has 198 valence electrons. The zero-order valence-electron chi connectivity index (χ0n) is 20.6. The molecule has 3 aromatic rings. The van der Waals surface area contributed by atoms with Crippen LogP contribution in [0.2, 0.25) is 10.0 Å². The highest BCUT2D eigenvalue weighted by molar-refractivity contribution is 6.45. The number of hydrogen-bond acceptors (Lipinski definition) is 7. The number of ether oxygens (including phenoxy) is 3. The standard InChI is InChI=1S/C27H25Cl2N3O6/c1-3-14-37-19-11-9-18(10-12-19)27(35)38-22-13-8-17(15-23(22)36-4-2)16-30-32-26(34)25(33)31-21-7-5-6-20(28)24(21)29/h5-13,15-16H,3-4,14H2,1-2H3,(H,31,33)(H,32,34)/b30-16+. The first-order valence-corrected chi connectivity index (χ1v) is 12.4. The van der Waals surface area contributed by atoms with Crippen molar-refractivity contribution in [2.24, 2.45) is 5.10 Å². The predicted molar refractivity (Wildman–Crippen MR) is 146 cm³/mol. The Hall–Kier alpha value is -4.08. The molecule has 0 atom stereocenters. The molecule has 0 radical (unpaired) electrons. The third-order valence-electron chi connectivity index (χ3n) is 4.82. The molecule has 0 spiro atoms. The van der Waals surface area contributed by atoms with Crippen molar-refractivity contribution in [3.05, 3.63) is 81.8 Å². The second kappa shape index (κ2) is 14.0. The molecule has 0 saturated heterocycles. The van der Waals surface area contributed by atoms with Gasteiger partial charge in [-0.25, -0.2) is 10.2 Å². The summed E-state index contributed by atoms with van der Waals surface area (Å²) in [6.07, 6.45) is 2.19. The van der Waals surface area contributed by atoms with Crippen LogP contribution in [-0.4, -0.2) is 37.2 Å². The monoisotopic (exact) mass is 557 g/mol. The lowest BCUT2D eigenvalue weighted by Crippen LogP contribution is -2.32. The molecular weight excluding hydrogens is 533 g/mol. The summed E-state index contributed by atoms with van der Waals surface area (Å²) in [4.78, 5) is 36.8. The fourth-order valence-electron chi connectivity index (χ4n) is 3.02. The Morgan fingerprint density at radius 1 is 0.921 bits per heavy atom. The van der Waals surface area contributed by atoms with Crippen LogP contribution in [0.1, 0.15) is 36.2 Å². The summed E-state index contributed by atoms with van der Waals surface area (Å²) in [5, 5.41) is 6.50. The quantitative estimate of drug-likeness (QED) is 0.112. The number of anilines is 1. The molecule has 38 heavy (non-hydrogen) atoms. The Bertz CT molecular complexity index is 1330. The van der Waals surface area contributed by atoms with Crippen LogP contribution in [0.4, 0.5) is 5.69 Å². The van der Waals surface area contributed by atoms with Gasteiger partial charge in [0.05, 0.1) is 40.7 Å². The largest absolute Gasteiger partial charge is 0.494 e. The van der Waals surface area contributed by atoms with E-state index in [1.54, 1.807) is 61.5 Å². The highest BCUT2D eigenvalue weighted by Gasteiger charge is 2.16. The highest BCUT2D eigenvalue weighted by atomic mass is 35.5. The number of rotatable bonds is 10. The molecule has 0 heterocycles. The maximum atomic E-state index is 12.6. The van der Waals surface area contributed by atoms with E-state index in [0.717, 1.165) is 6.42 Å². The van der Waals surface area contributed by atoms with E-state index < -0.39 is 17.8 Å². The van der Waals surface area contributed by atoms with Gasteiger partial charge in [0.2, 0.25) is 0 Å². The second-order valence-corrected chi connectivity index (χ2v) is 8.44. The average Bonchev–Trinajstić information content (AvgIpc) is 2.91. The van der Waals surface area contributed by atoms with E-state index in [2.05, 4.69) is 15.8 Å². The lowest BCUT2D eigenvalue weighted by atomic mass is 10.2. The lowest BCUT2D eigenvalue weighted by molar-refractivity contribution is -0.136. The van der Waals surface area contributed by atoms with Crippen molar-refractivity contribution in [1.82, 2.24) is 5.43 Å². The third-order valence-corrected chi connectivity index (χ3v) is 5.64. The average molecular weight is 558 g/mol. The van der Waals surface area contributed by atoms with Crippen molar-refractivity contribution in [2.75, 3.05) is 18.5 Å². The number of hydrogen-bond donors (Lipinski definition) is 2. The summed E-state index contributed by atoms with van der Waals surface area (Å²) in [5.41, 5.74) is 3.19. The van der Waals surface area contributed by atoms with Crippen molar-refractivity contribution in [3.63, 3.8) is 0 Å². The molecule has 0 aliphatic rings. The minimum atomic E-state index is -1.01. The Kier molecular flexibility index (Phi) is 10.5. The van der Waals surface area contributed by atoms with Gasteiger partial charge in [-0.15, -0.1) is 0 Å². The molecule has 0 fully saturated rings.